The fourth-order valence-corrected chi connectivity index (χ4v) is 2.73. The van der Waals surface area contributed by atoms with E-state index in [1.54, 1.807) is 12.1 Å². The molecule has 2 N–H and O–H groups in total. The molecule has 21 heavy (non-hydrogen) atoms. The van der Waals surface area contributed by atoms with Crippen molar-refractivity contribution in [3.63, 3.8) is 0 Å². The first-order valence-electron chi connectivity index (χ1n) is 7.00. The van der Waals surface area contributed by atoms with Crippen molar-refractivity contribution in [1.82, 2.24) is 4.98 Å². The zero-order valence-corrected chi connectivity index (χ0v) is 11.7. The molecule has 3 rings (SSSR count). The van der Waals surface area contributed by atoms with Gasteiger partial charge in [-0.1, -0.05) is 0 Å². The molecule has 6 heteroatoms. The van der Waals surface area contributed by atoms with Crippen molar-refractivity contribution < 1.29 is 10.0 Å². The summed E-state index contributed by atoms with van der Waals surface area (Å²) < 4.78 is 0. The molecule has 0 bridgehead atoms. The SMILES string of the molecule is Cc1cc(NCC2CC(O)C2)c2cc([N+](=O)[O-])ccc2n1. The molecule has 0 spiro atoms. The van der Waals surface area contributed by atoms with Crippen LogP contribution in [0.4, 0.5) is 11.4 Å². The predicted molar refractivity (Wildman–Crippen MR) is 80.4 cm³/mol. The van der Waals surface area contributed by atoms with Crippen LogP contribution in [0.1, 0.15) is 18.5 Å². The summed E-state index contributed by atoms with van der Waals surface area (Å²) in [5.74, 6) is 0.460. The van der Waals surface area contributed by atoms with Gasteiger partial charge in [-0.15, -0.1) is 0 Å². The Kier molecular flexibility index (Phi) is 3.47. The van der Waals surface area contributed by atoms with Crippen molar-refractivity contribution in [2.24, 2.45) is 5.92 Å². The number of fused-ring (bicyclic) bond motifs is 1. The first-order chi connectivity index (χ1) is 10.0. The van der Waals surface area contributed by atoms with E-state index in [4.69, 9.17) is 0 Å². The Morgan fingerprint density at radius 3 is 2.86 bits per heavy atom. The number of rotatable bonds is 4. The van der Waals surface area contributed by atoms with Crippen molar-refractivity contribution in [2.75, 3.05) is 11.9 Å². The van der Waals surface area contributed by atoms with Gasteiger partial charge in [-0.05, 0) is 37.8 Å². The van der Waals surface area contributed by atoms with E-state index in [1.165, 1.54) is 6.07 Å². The highest BCUT2D eigenvalue weighted by Crippen LogP contribution is 2.30. The average molecular weight is 287 g/mol. The molecule has 2 aromatic rings. The van der Waals surface area contributed by atoms with Crippen LogP contribution in [-0.4, -0.2) is 27.7 Å². The zero-order valence-electron chi connectivity index (χ0n) is 11.7. The van der Waals surface area contributed by atoms with E-state index in [9.17, 15) is 15.2 Å². The first-order valence-corrected chi connectivity index (χ1v) is 7.00. The predicted octanol–water partition coefficient (Wildman–Crippen LogP) is 2.63. The molecule has 1 heterocycles. The number of aryl methyl sites for hydroxylation is 1. The molecule has 0 unspecified atom stereocenters. The standard InChI is InChI=1S/C15H17N3O3/c1-9-4-15(16-8-10-5-12(19)6-10)13-7-11(18(20)21)2-3-14(13)17-9/h2-4,7,10,12,19H,5-6,8H2,1H3,(H,16,17). The zero-order chi connectivity index (χ0) is 15.0. The largest absolute Gasteiger partial charge is 0.393 e. The quantitative estimate of drug-likeness (QED) is 0.666. The van der Waals surface area contributed by atoms with E-state index >= 15 is 0 Å². The van der Waals surface area contributed by atoms with Crippen LogP contribution in [0.2, 0.25) is 0 Å². The Balaban J connectivity index is 1.91. The van der Waals surface area contributed by atoms with Crippen LogP contribution in [0.15, 0.2) is 24.3 Å². The molecule has 1 aromatic heterocycles. The summed E-state index contributed by atoms with van der Waals surface area (Å²) in [6, 6.07) is 6.61. The molecule has 0 saturated heterocycles. The van der Waals surface area contributed by atoms with Gasteiger partial charge in [-0.25, -0.2) is 0 Å². The number of aromatic nitrogens is 1. The molecule has 1 aliphatic carbocycles. The summed E-state index contributed by atoms with van der Waals surface area (Å²) in [4.78, 5) is 14.9. The molecular weight excluding hydrogens is 270 g/mol. The second-order valence-electron chi connectivity index (χ2n) is 5.64. The van der Waals surface area contributed by atoms with Crippen molar-refractivity contribution in [1.29, 1.82) is 0 Å². The highest BCUT2D eigenvalue weighted by atomic mass is 16.6. The molecular formula is C15H17N3O3. The Labute approximate surface area is 122 Å². The molecule has 1 fully saturated rings. The van der Waals surface area contributed by atoms with Gasteiger partial charge in [-0.3, -0.25) is 15.1 Å². The molecule has 0 atom stereocenters. The summed E-state index contributed by atoms with van der Waals surface area (Å²) in [6.45, 7) is 2.66. The van der Waals surface area contributed by atoms with Gasteiger partial charge >= 0.3 is 0 Å². The van der Waals surface area contributed by atoms with Gasteiger partial charge in [0.25, 0.3) is 5.69 Å². The number of aliphatic hydroxyl groups is 1. The maximum absolute atomic E-state index is 10.9. The maximum atomic E-state index is 10.9. The van der Waals surface area contributed by atoms with E-state index in [0.717, 1.165) is 41.7 Å². The van der Waals surface area contributed by atoms with Crippen molar-refractivity contribution in [3.05, 3.63) is 40.1 Å². The summed E-state index contributed by atoms with van der Waals surface area (Å²) >= 11 is 0. The minimum absolute atomic E-state index is 0.0651. The lowest BCUT2D eigenvalue weighted by Gasteiger charge is -2.31. The molecule has 1 aliphatic rings. The normalized spacial score (nSPS) is 21.0. The maximum Gasteiger partial charge on any atom is 0.270 e. The Morgan fingerprint density at radius 1 is 1.43 bits per heavy atom. The summed E-state index contributed by atoms with van der Waals surface area (Å²) in [5.41, 5.74) is 2.54. The minimum Gasteiger partial charge on any atom is -0.393 e. The summed E-state index contributed by atoms with van der Waals surface area (Å²) in [6.07, 6.45) is 1.46. The lowest BCUT2D eigenvalue weighted by molar-refractivity contribution is -0.384. The second kappa shape index (κ2) is 5.29. The number of nitrogens with one attached hydrogen (secondary N) is 1. The lowest BCUT2D eigenvalue weighted by Crippen LogP contribution is -2.33. The van der Waals surface area contributed by atoms with Gasteiger partial charge in [-0.2, -0.15) is 0 Å². The van der Waals surface area contributed by atoms with Crippen molar-refractivity contribution in [3.8, 4) is 0 Å². The smallest absolute Gasteiger partial charge is 0.270 e. The van der Waals surface area contributed by atoms with Crippen LogP contribution < -0.4 is 5.32 Å². The molecule has 110 valence electrons. The second-order valence-corrected chi connectivity index (χ2v) is 5.64. The molecule has 1 saturated carbocycles. The monoisotopic (exact) mass is 287 g/mol. The van der Waals surface area contributed by atoms with Crippen LogP contribution in [0.25, 0.3) is 10.9 Å². The molecule has 6 nitrogen and oxygen atoms in total. The van der Waals surface area contributed by atoms with Crippen LogP contribution in [0.5, 0.6) is 0 Å². The van der Waals surface area contributed by atoms with Gasteiger partial charge in [0.2, 0.25) is 0 Å². The molecule has 0 aliphatic heterocycles. The highest BCUT2D eigenvalue weighted by molar-refractivity contribution is 5.93. The first kappa shape index (κ1) is 13.8. The van der Waals surface area contributed by atoms with Gasteiger partial charge in [0, 0.05) is 35.4 Å². The third-order valence-corrected chi connectivity index (χ3v) is 3.92. The van der Waals surface area contributed by atoms with Gasteiger partial charge in [0.15, 0.2) is 0 Å². The number of aliphatic hydroxyl groups excluding tert-OH is 1. The fraction of sp³-hybridized carbons (Fsp3) is 0.400. The van der Waals surface area contributed by atoms with E-state index in [1.807, 2.05) is 13.0 Å². The van der Waals surface area contributed by atoms with Gasteiger partial charge < -0.3 is 10.4 Å². The number of anilines is 1. The van der Waals surface area contributed by atoms with Crippen molar-refractivity contribution in [2.45, 2.75) is 25.9 Å². The Hall–Kier alpha value is -2.21. The summed E-state index contributed by atoms with van der Waals surface area (Å²) in [5, 5.41) is 24.3. The van der Waals surface area contributed by atoms with Crippen LogP contribution in [0.3, 0.4) is 0 Å². The van der Waals surface area contributed by atoms with Gasteiger partial charge in [0.05, 0.1) is 16.5 Å². The van der Waals surface area contributed by atoms with Gasteiger partial charge in [0.1, 0.15) is 0 Å². The third kappa shape index (κ3) is 2.80. The molecule has 0 amide bonds. The summed E-state index contributed by atoms with van der Waals surface area (Å²) in [7, 11) is 0. The minimum atomic E-state index is -0.397. The van der Waals surface area contributed by atoms with E-state index in [-0.39, 0.29) is 11.8 Å². The van der Waals surface area contributed by atoms with E-state index in [2.05, 4.69) is 10.3 Å². The van der Waals surface area contributed by atoms with Crippen LogP contribution in [-0.2, 0) is 0 Å². The Bertz CT molecular complexity index is 696. The number of pyridine rings is 1. The molecule has 0 radical (unpaired) electrons. The number of benzene rings is 1. The number of nitro benzene ring substituents is 1. The van der Waals surface area contributed by atoms with E-state index in [0.29, 0.717) is 5.92 Å². The van der Waals surface area contributed by atoms with Crippen LogP contribution in [0, 0.1) is 23.0 Å². The topological polar surface area (TPSA) is 88.3 Å². The number of nitrogens with zero attached hydrogens (tertiary/aromatic N) is 2. The van der Waals surface area contributed by atoms with E-state index < -0.39 is 4.92 Å². The lowest BCUT2D eigenvalue weighted by atomic mass is 9.82. The number of hydrogen-bond acceptors (Lipinski definition) is 5. The average Bonchev–Trinajstić information content (AvgIpc) is 2.41. The fourth-order valence-electron chi connectivity index (χ4n) is 2.73. The number of nitro groups is 1. The van der Waals surface area contributed by atoms with Crippen molar-refractivity contribution >= 4 is 22.3 Å². The third-order valence-electron chi connectivity index (χ3n) is 3.92. The molecule has 1 aromatic carbocycles. The highest BCUT2D eigenvalue weighted by Gasteiger charge is 2.26. The Morgan fingerprint density at radius 2 is 2.19 bits per heavy atom. The number of non-ortho nitro benzene ring substituents is 1. The number of hydrogen-bond donors (Lipinski definition) is 2. The van der Waals surface area contributed by atoms with Crippen LogP contribution >= 0.6 is 0 Å².